The molecule has 0 aromatic carbocycles. The van der Waals surface area contributed by atoms with Gasteiger partial charge in [-0.3, -0.25) is 4.79 Å². The molecule has 1 unspecified atom stereocenters. The summed E-state index contributed by atoms with van der Waals surface area (Å²) in [5, 5.41) is 0. The maximum atomic E-state index is 11.6. The Morgan fingerprint density at radius 3 is 2.36 bits per heavy atom. The van der Waals surface area contributed by atoms with Gasteiger partial charge in [0, 0.05) is 26.1 Å². The monoisotopic (exact) mass is 198 g/mol. The fraction of sp³-hybridized carbons (Fsp3) is 0.727. The van der Waals surface area contributed by atoms with E-state index in [1.807, 2.05) is 20.8 Å². The Morgan fingerprint density at radius 1 is 1.50 bits per heavy atom. The van der Waals surface area contributed by atoms with Gasteiger partial charge in [0.15, 0.2) is 0 Å². The quantitative estimate of drug-likeness (QED) is 0.679. The maximum absolute atomic E-state index is 11.6. The summed E-state index contributed by atoms with van der Waals surface area (Å²) in [6.45, 7) is 10.3. The van der Waals surface area contributed by atoms with Gasteiger partial charge in [-0.05, 0) is 12.8 Å². The van der Waals surface area contributed by atoms with Crippen molar-refractivity contribution in [3.63, 3.8) is 0 Å². The summed E-state index contributed by atoms with van der Waals surface area (Å²) in [5.74, 6) is 0.436. The Kier molecular flexibility index (Phi) is 5.46. The van der Waals surface area contributed by atoms with Gasteiger partial charge < -0.3 is 10.6 Å². The molecule has 3 heteroatoms. The Bertz CT molecular complexity index is 211. The molecule has 0 heterocycles. The molecule has 0 aliphatic carbocycles. The van der Waals surface area contributed by atoms with E-state index >= 15 is 0 Å². The Morgan fingerprint density at radius 2 is 2.00 bits per heavy atom. The molecule has 3 nitrogen and oxygen atoms in total. The number of amides is 1. The van der Waals surface area contributed by atoms with Crippen LogP contribution in [0.3, 0.4) is 0 Å². The number of carbonyl (C=O) groups excluding carboxylic acids is 1. The Balaban J connectivity index is 4.01. The fourth-order valence-electron chi connectivity index (χ4n) is 1.09. The zero-order valence-corrected chi connectivity index (χ0v) is 9.71. The number of carbonyl (C=O) groups is 1. The molecule has 14 heavy (non-hydrogen) atoms. The van der Waals surface area contributed by atoms with Crippen LogP contribution in [0.4, 0.5) is 0 Å². The highest BCUT2D eigenvalue weighted by atomic mass is 16.2. The predicted octanol–water partition coefficient (Wildman–Crippen LogP) is 1.39. The van der Waals surface area contributed by atoms with Gasteiger partial charge in [-0.15, -0.1) is 0 Å². The Hall–Kier alpha value is -0.830. The van der Waals surface area contributed by atoms with Crippen LogP contribution in [-0.4, -0.2) is 30.4 Å². The highest BCUT2D eigenvalue weighted by Crippen LogP contribution is 2.05. The molecule has 0 saturated carbocycles. The summed E-state index contributed by atoms with van der Waals surface area (Å²) in [6.07, 6.45) is 0.418. The van der Waals surface area contributed by atoms with E-state index in [1.54, 1.807) is 11.9 Å². The van der Waals surface area contributed by atoms with E-state index in [0.717, 1.165) is 5.57 Å². The minimum Gasteiger partial charge on any atom is -0.342 e. The minimum atomic E-state index is -0.0462. The average molecular weight is 198 g/mol. The lowest BCUT2D eigenvalue weighted by molar-refractivity contribution is -0.130. The van der Waals surface area contributed by atoms with Crippen molar-refractivity contribution >= 4 is 5.91 Å². The average Bonchev–Trinajstić information content (AvgIpc) is 2.02. The summed E-state index contributed by atoms with van der Waals surface area (Å²) in [7, 11) is 1.78. The Labute approximate surface area is 87.0 Å². The van der Waals surface area contributed by atoms with Gasteiger partial charge in [0.1, 0.15) is 0 Å². The summed E-state index contributed by atoms with van der Waals surface area (Å²) in [6, 6.07) is -0.0462. The van der Waals surface area contributed by atoms with Gasteiger partial charge in [-0.2, -0.15) is 0 Å². The van der Waals surface area contributed by atoms with E-state index in [4.69, 9.17) is 5.73 Å². The number of rotatable bonds is 5. The third kappa shape index (κ3) is 5.02. The summed E-state index contributed by atoms with van der Waals surface area (Å²) < 4.78 is 0. The van der Waals surface area contributed by atoms with E-state index in [-0.39, 0.29) is 11.9 Å². The van der Waals surface area contributed by atoms with Crippen LogP contribution >= 0.6 is 0 Å². The third-order valence-corrected chi connectivity index (χ3v) is 2.20. The molecule has 0 aliphatic heterocycles. The fourth-order valence-corrected chi connectivity index (χ4v) is 1.09. The summed E-state index contributed by atoms with van der Waals surface area (Å²) in [4.78, 5) is 13.3. The van der Waals surface area contributed by atoms with E-state index in [9.17, 15) is 4.79 Å². The van der Waals surface area contributed by atoms with Crippen LogP contribution in [0.5, 0.6) is 0 Å². The van der Waals surface area contributed by atoms with Crippen molar-refractivity contribution in [3.8, 4) is 0 Å². The van der Waals surface area contributed by atoms with E-state index in [1.165, 1.54) is 0 Å². The van der Waals surface area contributed by atoms with Crippen molar-refractivity contribution in [2.75, 3.05) is 13.6 Å². The van der Waals surface area contributed by atoms with Crippen LogP contribution in [0.25, 0.3) is 0 Å². The van der Waals surface area contributed by atoms with Gasteiger partial charge in [-0.1, -0.05) is 26.0 Å². The number of hydrogen-bond donors (Lipinski definition) is 1. The first-order chi connectivity index (χ1) is 6.34. The van der Waals surface area contributed by atoms with Crippen LogP contribution in [0.15, 0.2) is 12.2 Å². The standard InChI is InChI=1S/C11H22N2O/c1-8(2)7-13(5)11(14)6-10(12)9(3)4/h9-10H,1,6-7,12H2,2-5H3. The minimum absolute atomic E-state index is 0.0462. The molecule has 0 spiro atoms. The lowest BCUT2D eigenvalue weighted by Crippen LogP contribution is -2.36. The molecule has 0 saturated heterocycles. The van der Waals surface area contributed by atoms with Gasteiger partial charge in [0.2, 0.25) is 5.91 Å². The molecule has 1 atom stereocenters. The molecule has 0 aromatic heterocycles. The number of likely N-dealkylation sites (N-methyl/N-ethyl adjacent to an activating group) is 1. The van der Waals surface area contributed by atoms with Crippen molar-refractivity contribution < 1.29 is 4.79 Å². The zero-order valence-electron chi connectivity index (χ0n) is 9.71. The summed E-state index contributed by atoms with van der Waals surface area (Å²) >= 11 is 0. The highest BCUT2D eigenvalue weighted by molar-refractivity contribution is 5.76. The first-order valence-corrected chi connectivity index (χ1v) is 4.98. The maximum Gasteiger partial charge on any atom is 0.224 e. The van der Waals surface area contributed by atoms with E-state index < -0.39 is 0 Å². The number of nitrogens with two attached hydrogens (primary N) is 1. The van der Waals surface area contributed by atoms with Crippen LogP contribution in [0.1, 0.15) is 27.2 Å². The van der Waals surface area contributed by atoms with Crippen molar-refractivity contribution in [1.82, 2.24) is 4.90 Å². The molecule has 1 amide bonds. The van der Waals surface area contributed by atoms with Crippen LogP contribution in [0.2, 0.25) is 0 Å². The molecular weight excluding hydrogens is 176 g/mol. The second kappa shape index (κ2) is 5.81. The second-order valence-electron chi connectivity index (χ2n) is 4.32. The normalized spacial score (nSPS) is 12.7. The van der Waals surface area contributed by atoms with Crippen molar-refractivity contribution in [1.29, 1.82) is 0 Å². The highest BCUT2D eigenvalue weighted by Gasteiger charge is 2.15. The van der Waals surface area contributed by atoms with Crippen LogP contribution < -0.4 is 5.73 Å². The molecule has 0 aliphatic rings. The molecule has 0 aromatic rings. The lowest BCUT2D eigenvalue weighted by Gasteiger charge is -2.21. The third-order valence-electron chi connectivity index (χ3n) is 2.20. The SMILES string of the molecule is C=C(C)CN(C)C(=O)CC(N)C(C)C. The lowest BCUT2D eigenvalue weighted by atomic mass is 10.0. The predicted molar refractivity (Wildman–Crippen MR) is 59.9 cm³/mol. The zero-order chi connectivity index (χ0) is 11.3. The molecule has 0 radical (unpaired) electrons. The molecule has 0 bridgehead atoms. The van der Waals surface area contributed by atoms with Crippen molar-refractivity contribution in [3.05, 3.63) is 12.2 Å². The van der Waals surface area contributed by atoms with Crippen LogP contribution in [0, 0.1) is 5.92 Å². The van der Waals surface area contributed by atoms with Gasteiger partial charge >= 0.3 is 0 Å². The summed E-state index contributed by atoms with van der Waals surface area (Å²) in [5.41, 5.74) is 6.80. The van der Waals surface area contributed by atoms with Crippen molar-refractivity contribution in [2.24, 2.45) is 11.7 Å². The molecule has 82 valence electrons. The van der Waals surface area contributed by atoms with Gasteiger partial charge in [0.05, 0.1) is 0 Å². The van der Waals surface area contributed by atoms with Crippen molar-refractivity contribution in [2.45, 2.75) is 33.2 Å². The van der Waals surface area contributed by atoms with E-state index in [0.29, 0.717) is 18.9 Å². The number of hydrogen-bond acceptors (Lipinski definition) is 2. The first-order valence-electron chi connectivity index (χ1n) is 4.98. The largest absolute Gasteiger partial charge is 0.342 e. The molecule has 2 N–H and O–H groups in total. The molecule has 0 fully saturated rings. The molecular formula is C11H22N2O. The topological polar surface area (TPSA) is 46.3 Å². The first kappa shape index (κ1) is 13.2. The van der Waals surface area contributed by atoms with Gasteiger partial charge in [0.25, 0.3) is 0 Å². The van der Waals surface area contributed by atoms with E-state index in [2.05, 4.69) is 6.58 Å². The molecule has 0 rings (SSSR count). The van der Waals surface area contributed by atoms with Gasteiger partial charge in [-0.25, -0.2) is 0 Å². The van der Waals surface area contributed by atoms with Crippen LogP contribution in [-0.2, 0) is 4.79 Å². The smallest absolute Gasteiger partial charge is 0.224 e. The number of nitrogens with zero attached hydrogens (tertiary/aromatic N) is 1. The second-order valence-corrected chi connectivity index (χ2v) is 4.32.